The van der Waals surface area contributed by atoms with Gasteiger partial charge in [0.1, 0.15) is 0 Å². The third-order valence-corrected chi connectivity index (χ3v) is 3.49. The Bertz CT molecular complexity index is 397. The second-order valence-corrected chi connectivity index (χ2v) is 5.09. The molecule has 2 N–H and O–H groups in total. The smallest absolute Gasteiger partial charge is 0.303 e. The zero-order chi connectivity index (χ0) is 13.5. The molecule has 4 heteroatoms. The van der Waals surface area contributed by atoms with E-state index in [-0.39, 0.29) is 6.42 Å². The molecule has 0 amide bonds. The van der Waals surface area contributed by atoms with E-state index >= 15 is 0 Å². The Morgan fingerprint density at radius 3 is 2.42 bits per heavy atom. The number of piperazine rings is 1. The molecule has 1 saturated heterocycles. The first kappa shape index (κ1) is 14.0. The Labute approximate surface area is 114 Å². The number of carboxylic acids is 1. The minimum atomic E-state index is -0.713. The van der Waals surface area contributed by atoms with Crippen molar-refractivity contribution in [1.29, 1.82) is 0 Å². The molecule has 0 spiro atoms. The average molecular weight is 262 g/mol. The molecular weight excluding hydrogens is 240 g/mol. The second kappa shape index (κ2) is 7.26. The fourth-order valence-electron chi connectivity index (χ4n) is 2.38. The normalized spacial score (nSPS) is 16.4. The van der Waals surface area contributed by atoms with Crippen LogP contribution in [0.4, 0.5) is 0 Å². The second-order valence-electron chi connectivity index (χ2n) is 5.09. The van der Waals surface area contributed by atoms with Gasteiger partial charge in [-0.2, -0.15) is 0 Å². The fraction of sp³-hybridized carbons (Fsp3) is 0.533. The van der Waals surface area contributed by atoms with Crippen LogP contribution in [0.2, 0.25) is 0 Å². The van der Waals surface area contributed by atoms with Gasteiger partial charge >= 0.3 is 5.97 Å². The summed E-state index contributed by atoms with van der Waals surface area (Å²) in [5.41, 5.74) is 2.56. The monoisotopic (exact) mass is 262 g/mol. The van der Waals surface area contributed by atoms with E-state index in [1.807, 2.05) is 0 Å². The van der Waals surface area contributed by atoms with E-state index < -0.39 is 5.97 Å². The molecule has 104 valence electrons. The van der Waals surface area contributed by atoms with Crippen molar-refractivity contribution in [3.05, 3.63) is 35.4 Å². The Kier molecular flexibility index (Phi) is 5.36. The third kappa shape index (κ3) is 5.01. The Morgan fingerprint density at radius 2 is 1.79 bits per heavy atom. The minimum Gasteiger partial charge on any atom is -0.481 e. The fourth-order valence-corrected chi connectivity index (χ4v) is 2.38. The molecule has 1 aliphatic heterocycles. The van der Waals surface area contributed by atoms with E-state index in [4.69, 9.17) is 5.11 Å². The first-order valence-corrected chi connectivity index (χ1v) is 6.97. The molecule has 0 atom stereocenters. The van der Waals surface area contributed by atoms with Crippen molar-refractivity contribution < 1.29 is 9.90 Å². The van der Waals surface area contributed by atoms with Crippen LogP contribution in [0.1, 0.15) is 24.0 Å². The van der Waals surface area contributed by atoms with Crippen LogP contribution in [0.3, 0.4) is 0 Å². The van der Waals surface area contributed by atoms with Crippen LogP contribution in [0.5, 0.6) is 0 Å². The summed E-state index contributed by atoms with van der Waals surface area (Å²) in [6, 6.07) is 8.58. The molecule has 1 heterocycles. The largest absolute Gasteiger partial charge is 0.481 e. The molecule has 1 aliphatic rings. The van der Waals surface area contributed by atoms with Crippen molar-refractivity contribution >= 4 is 5.97 Å². The van der Waals surface area contributed by atoms with Gasteiger partial charge in [-0.1, -0.05) is 24.3 Å². The van der Waals surface area contributed by atoms with Gasteiger partial charge < -0.3 is 10.4 Å². The lowest BCUT2D eigenvalue weighted by molar-refractivity contribution is -0.137. The standard InChI is InChI=1S/C15H22N2O2/c18-15(19)3-1-2-13-4-6-14(7-5-13)12-17-10-8-16-9-11-17/h4-7,16H,1-3,8-12H2,(H,18,19). The number of hydrogen-bond acceptors (Lipinski definition) is 3. The zero-order valence-electron chi connectivity index (χ0n) is 11.3. The average Bonchev–Trinajstić information content (AvgIpc) is 2.42. The van der Waals surface area contributed by atoms with Gasteiger partial charge in [-0.3, -0.25) is 9.69 Å². The molecule has 0 saturated carbocycles. The summed E-state index contributed by atoms with van der Waals surface area (Å²) in [5.74, 6) is -0.713. The van der Waals surface area contributed by atoms with E-state index in [1.165, 1.54) is 11.1 Å². The molecule has 0 aromatic heterocycles. The van der Waals surface area contributed by atoms with E-state index in [0.717, 1.165) is 39.1 Å². The minimum absolute atomic E-state index is 0.253. The number of nitrogens with zero attached hydrogens (tertiary/aromatic N) is 1. The molecule has 2 rings (SSSR count). The Morgan fingerprint density at radius 1 is 1.16 bits per heavy atom. The summed E-state index contributed by atoms with van der Waals surface area (Å²) in [4.78, 5) is 12.9. The highest BCUT2D eigenvalue weighted by atomic mass is 16.4. The quantitative estimate of drug-likeness (QED) is 0.816. The van der Waals surface area contributed by atoms with Crippen molar-refractivity contribution in [1.82, 2.24) is 10.2 Å². The molecule has 1 fully saturated rings. The number of carbonyl (C=O) groups is 1. The number of rotatable bonds is 6. The lowest BCUT2D eigenvalue weighted by Gasteiger charge is -2.27. The lowest BCUT2D eigenvalue weighted by Crippen LogP contribution is -2.42. The predicted molar refractivity (Wildman–Crippen MR) is 75.2 cm³/mol. The highest BCUT2D eigenvalue weighted by Gasteiger charge is 2.09. The summed E-state index contributed by atoms with van der Waals surface area (Å²) in [5, 5.41) is 12.0. The van der Waals surface area contributed by atoms with Crippen molar-refractivity contribution in [3.8, 4) is 0 Å². The summed E-state index contributed by atoms with van der Waals surface area (Å²) in [6.45, 7) is 5.39. The van der Waals surface area contributed by atoms with E-state index in [1.54, 1.807) is 0 Å². The Hall–Kier alpha value is -1.39. The molecule has 0 aliphatic carbocycles. The van der Waals surface area contributed by atoms with Crippen LogP contribution in [-0.4, -0.2) is 42.2 Å². The van der Waals surface area contributed by atoms with Crippen LogP contribution >= 0.6 is 0 Å². The van der Waals surface area contributed by atoms with Gasteiger partial charge in [0.05, 0.1) is 0 Å². The topological polar surface area (TPSA) is 52.6 Å². The van der Waals surface area contributed by atoms with Gasteiger partial charge in [0.25, 0.3) is 0 Å². The van der Waals surface area contributed by atoms with Gasteiger partial charge in [0, 0.05) is 39.1 Å². The van der Waals surface area contributed by atoms with E-state index in [0.29, 0.717) is 6.42 Å². The molecule has 1 aromatic carbocycles. The number of aliphatic carboxylic acids is 1. The summed E-state index contributed by atoms with van der Waals surface area (Å²) < 4.78 is 0. The maximum absolute atomic E-state index is 10.5. The molecule has 1 aromatic rings. The maximum atomic E-state index is 10.5. The molecular formula is C15H22N2O2. The SMILES string of the molecule is O=C(O)CCCc1ccc(CN2CCNCC2)cc1. The van der Waals surface area contributed by atoms with Gasteiger partial charge in [0.15, 0.2) is 0 Å². The molecule has 19 heavy (non-hydrogen) atoms. The van der Waals surface area contributed by atoms with Crippen LogP contribution in [0.25, 0.3) is 0 Å². The number of hydrogen-bond donors (Lipinski definition) is 2. The first-order valence-electron chi connectivity index (χ1n) is 6.97. The van der Waals surface area contributed by atoms with Crippen LogP contribution in [0.15, 0.2) is 24.3 Å². The predicted octanol–water partition coefficient (Wildman–Crippen LogP) is 1.50. The van der Waals surface area contributed by atoms with E-state index in [2.05, 4.69) is 34.5 Å². The van der Waals surface area contributed by atoms with Crippen molar-refractivity contribution in [2.45, 2.75) is 25.8 Å². The Balaban J connectivity index is 1.78. The van der Waals surface area contributed by atoms with Crippen molar-refractivity contribution in [2.24, 2.45) is 0 Å². The van der Waals surface area contributed by atoms with Crippen LogP contribution in [-0.2, 0) is 17.8 Å². The summed E-state index contributed by atoms with van der Waals surface area (Å²) in [7, 11) is 0. The van der Waals surface area contributed by atoms with Gasteiger partial charge in [-0.25, -0.2) is 0 Å². The molecule has 0 radical (unpaired) electrons. The third-order valence-electron chi connectivity index (χ3n) is 3.49. The number of aryl methyl sites for hydroxylation is 1. The maximum Gasteiger partial charge on any atom is 0.303 e. The number of benzene rings is 1. The van der Waals surface area contributed by atoms with Crippen LogP contribution in [0, 0.1) is 0 Å². The summed E-state index contributed by atoms with van der Waals surface area (Å²) >= 11 is 0. The number of carboxylic acid groups (broad SMARTS) is 1. The molecule has 0 unspecified atom stereocenters. The van der Waals surface area contributed by atoms with Gasteiger partial charge in [-0.15, -0.1) is 0 Å². The molecule has 4 nitrogen and oxygen atoms in total. The lowest BCUT2D eigenvalue weighted by atomic mass is 10.1. The van der Waals surface area contributed by atoms with Crippen molar-refractivity contribution in [2.75, 3.05) is 26.2 Å². The molecule has 0 bridgehead atoms. The first-order chi connectivity index (χ1) is 9.24. The van der Waals surface area contributed by atoms with Crippen LogP contribution < -0.4 is 5.32 Å². The highest BCUT2D eigenvalue weighted by molar-refractivity contribution is 5.66. The zero-order valence-corrected chi connectivity index (χ0v) is 11.3. The van der Waals surface area contributed by atoms with Gasteiger partial charge in [0.2, 0.25) is 0 Å². The number of nitrogens with one attached hydrogen (secondary N) is 1. The van der Waals surface area contributed by atoms with Gasteiger partial charge in [-0.05, 0) is 24.0 Å². The highest BCUT2D eigenvalue weighted by Crippen LogP contribution is 2.10. The van der Waals surface area contributed by atoms with E-state index in [9.17, 15) is 4.79 Å². The van der Waals surface area contributed by atoms with Crippen molar-refractivity contribution in [3.63, 3.8) is 0 Å². The summed E-state index contributed by atoms with van der Waals surface area (Å²) in [6.07, 6.45) is 1.81.